The lowest BCUT2D eigenvalue weighted by atomic mass is 10.0. The van der Waals surface area contributed by atoms with Crippen molar-refractivity contribution < 1.29 is 21.5 Å². The average Bonchev–Trinajstić information content (AvgIpc) is 3.45. The van der Waals surface area contributed by atoms with Crippen LogP contribution in [0.5, 0.6) is 0 Å². The topological polar surface area (TPSA) is 12.1 Å². The summed E-state index contributed by atoms with van der Waals surface area (Å²) in [5, 5.41) is 0. The highest BCUT2D eigenvalue weighted by atomic mass is 79.9. The van der Waals surface area contributed by atoms with E-state index in [2.05, 4.69) is 67.6 Å². The van der Waals surface area contributed by atoms with Crippen LogP contribution in [0.3, 0.4) is 0 Å². The zero-order chi connectivity index (χ0) is 31.5. The van der Waals surface area contributed by atoms with Gasteiger partial charge in [0.1, 0.15) is 12.4 Å². The molecule has 0 spiro atoms. The normalized spacial score (nSPS) is 10.8. The molecule has 0 saturated heterocycles. The fraction of sp³-hybridized carbons (Fsp3) is 0.925. The molecule has 0 N–H and O–H groups in total. The standard InChI is InChI=1S/C22H43N2.C18H39N.2BrH/c1-3-5-6-7-8-9-10-11-12-13-14-15-16-17-19-24-21-20-23(22-24)18-4-2;1-4-5-6-7-8-9-10-11-12-13-14-15-16-17-18-19(2)3;;/h20-22H,3-19H2,1-2H3;4-18H2,1-3H3;2*1H/q+1;;;/p-1. The van der Waals surface area contributed by atoms with Gasteiger partial charge in [-0.05, 0) is 46.3 Å². The van der Waals surface area contributed by atoms with E-state index in [0.29, 0.717) is 0 Å². The molecule has 1 aromatic heterocycles. The van der Waals surface area contributed by atoms with Crippen LogP contribution in [0.1, 0.15) is 207 Å². The number of rotatable bonds is 32. The van der Waals surface area contributed by atoms with Gasteiger partial charge in [-0.1, -0.05) is 181 Å². The summed E-state index contributed by atoms with van der Waals surface area (Å²) in [5.41, 5.74) is 0. The second-order valence-electron chi connectivity index (χ2n) is 13.9. The lowest BCUT2D eigenvalue weighted by molar-refractivity contribution is -0.696. The first-order valence-corrected chi connectivity index (χ1v) is 19.8. The van der Waals surface area contributed by atoms with E-state index in [1.54, 1.807) is 0 Å². The van der Waals surface area contributed by atoms with Crippen molar-refractivity contribution in [1.82, 2.24) is 9.47 Å². The summed E-state index contributed by atoms with van der Waals surface area (Å²) >= 11 is 0. The van der Waals surface area contributed by atoms with Gasteiger partial charge in [0.2, 0.25) is 6.33 Å². The smallest absolute Gasteiger partial charge is 0.243 e. The highest BCUT2D eigenvalue weighted by molar-refractivity contribution is 8.93. The average molecular weight is 766 g/mol. The molecule has 1 aromatic rings. The maximum Gasteiger partial charge on any atom is 0.243 e. The van der Waals surface area contributed by atoms with Crippen LogP contribution in [-0.2, 0) is 13.1 Å². The van der Waals surface area contributed by atoms with Crippen molar-refractivity contribution in [1.29, 1.82) is 0 Å². The maximum absolute atomic E-state index is 2.34. The summed E-state index contributed by atoms with van der Waals surface area (Å²) in [6.07, 6.45) is 48.3. The van der Waals surface area contributed by atoms with E-state index < -0.39 is 0 Å². The highest BCUT2D eigenvalue weighted by Crippen LogP contribution is 2.14. The minimum absolute atomic E-state index is 0. The Balaban J connectivity index is -0.000000771. The van der Waals surface area contributed by atoms with Gasteiger partial charge in [-0.2, -0.15) is 0 Å². The van der Waals surface area contributed by atoms with E-state index in [1.165, 1.54) is 199 Å². The van der Waals surface area contributed by atoms with Crippen molar-refractivity contribution >= 4 is 17.0 Å². The number of hydrogen-bond donors (Lipinski definition) is 0. The Morgan fingerprint density at radius 3 is 1.13 bits per heavy atom. The van der Waals surface area contributed by atoms with Crippen LogP contribution in [0, 0.1) is 0 Å². The van der Waals surface area contributed by atoms with Gasteiger partial charge in [-0.25, -0.2) is 9.13 Å². The van der Waals surface area contributed by atoms with Crippen LogP contribution >= 0.6 is 17.0 Å². The zero-order valence-corrected chi connectivity index (χ0v) is 34.8. The van der Waals surface area contributed by atoms with Gasteiger partial charge >= 0.3 is 0 Å². The molecule has 0 aliphatic rings. The fourth-order valence-electron chi connectivity index (χ4n) is 6.07. The molecule has 5 heteroatoms. The second-order valence-corrected chi connectivity index (χ2v) is 13.9. The van der Waals surface area contributed by atoms with E-state index in [9.17, 15) is 0 Å². The third-order valence-electron chi connectivity index (χ3n) is 8.96. The summed E-state index contributed by atoms with van der Waals surface area (Å²) in [7, 11) is 4.34. The molecular weight excluding hydrogens is 682 g/mol. The molecule has 0 aliphatic heterocycles. The number of imidazole rings is 1. The molecule has 45 heavy (non-hydrogen) atoms. The first-order chi connectivity index (χ1) is 21.1. The van der Waals surface area contributed by atoms with Crippen LogP contribution in [0.2, 0.25) is 0 Å². The van der Waals surface area contributed by atoms with E-state index >= 15 is 0 Å². The van der Waals surface area contributed by atoms with Crippen LogP contribution in [0.15, 0.2) is 18.7 Å². The molecule has 0 bridgehead atoms. The minimum Gasteiger partial charge on any atom is -1.00 e. The second kappa shape index (κ2) is 42.2. The highest BCUT2D eigenvalue weighted by Gasteiger charge is 2.02. The molecule has 0 fully saturated rings. The molecule has 0 unspecified atom stereocenters. The third kappa shape index (κ3) is 40.2. The molecule has 1 rings (SSSR count). The van der Waals surface area contributed by atoms with Crippen LogP contribution in [0.4, 0.5) is 0 Å². The van der Waals surface area contributed by atoms with Crippen LogP contribution < -0.4 is 21.5 Å². The van der Waals surface area contributed by atoms with E-state index in [0.717, 1.165) is 6.54 Å². The Bertz CT molecular complexity index is 635. The quantitative estimate of drug-likeness (QED) is 0.0526. The Morgan fingerprint density at radius 2 is 0.800 bits per heavy atom. The first kappa shape index (κ1) is 49.5. The first-order valence-electron chi connectivity index (χ1n) is 19.8. The number of aromatic nitrogens is 2. The lowest BCUT2D eigenvalue weighted by Gasteiger charge is -2.08. The van der Waals surface area contributed by atoms with Crippen molar-refractivity contribution in [2.75, 3.05) is 20.6 Å². The molecule has 0 aliphatic carbocycles. The number of nitrogens with zero attached hydrogens (tertiary/aromatic N) is 3. The van der Waals surface area contributed by atoms with E-state index in [1.807, 2.05) is 0 Å². The third-order valence-corrected chi connectivity index (χ3v) is 8.96. The summed E-state index contributed by atoms with van der Waals surface area (Å²) < 4.78 is 4.64. The minimum atomic E-state index is 0. The van der Waals surface area contributed by atoms with Gasteiger partial charge in [-0.15, -0.1) is 17.0 Å². The van der Waals surface area contributed by atoms with Crippen molar-refractivity contribution in [2.24, 2.45) is 0 Å². The monoisotopic (exact) mass is 763 g/mol. The van der Waals surface area contributed by atoms with Crippen molar-refractivity contribution in [3.63, 3.8) is 0 Å². The van der Waals surface area contributed by atoms with Gasteiger partial charge < -0.3 is 21.9 Å². The molecule has 3 nitrogen and oxygen atoms in total. The summed E-state index contributed by atoms with van der Waals surface area (Å²) in [6, 6.07) is 0. The van der Waals surface area contributed by atoms with Crippen molar-refractivity contribution in [2.45, 2.75) is 220 Å². The van der Waals surface area contributed by atoms with Crippen molar-refractivity contribution in [3.05, 3.63) is 18.7 Å². The van der Waals surface area contributed by atoms with E-state index in [-0.39, 0.29) is 34.0 Å². The number of aryl methyl sites for hydroxylation is 2. The van der Waals surface area contributed by atoms with Crippen LogP contribution in [-0.4, -0.2) is 30.1 Å². The zero-order valence-electron chi connectivity index (χ0n) is 31.5. The van der Waals surface area contributed by atoms with Crippen LogP contribution in [0.25, 0.3) is 0 Å². The van der Waals surface area contributed by atoms with Gasteiger partial charge in [0.15, 0.2) is 0 Å². The van der Waals surface area contributed by atoms with Crippen molar-refractivity contribution in [3.8, 4) is 0 Å². The fourth-order valence-corrected chi connectivity index (χ4v) is 6.07. The molecule has 1 heterocycles. The molecule has 0 radical (unpaired) electrons. The molecule has 0 atom stereocenters. The number of halogens is 2. The number of unbranched alkanes of at least 4 members (excludes halogenated alkanes) is 26. The predicted octanol–water partition coefficient (Wildman–Crippen LogP) is 10.3. The molecular formula is C40H83Br2N3. The lowest BCUT2D eigenvalue weighted by Crippen LogP contribution is -3.00. The predicted molar refractivity (Wildman–Crippen MR) is 204 cm³/mol. The van der Waals surface area contributed by atoms with Gasteiger partial charge in [0, 0.05) is 0 Å². The van der Waals surface area contributed by atoms with Gasteiger partial charge in [-0.3, -0.25) is 0 Å². The SMILES string of the molecule is Br.CCCCCCCCCCCCCCCCN(C)C.CCCCCCCCCCCCCCCCn1cc[n+](CCC)c1.[Br-]. The number of hydrogen-bond acceptors (Lipinski definition) is 1. The Morgan fingerprint density at radius 1 is 0.467 bits per heavy atom. The molecule has 0 aromatic carbocycles. The van der Waals surface area contributed by atoms with Gasteiger partial charge in [0.25, 0.3) is 0 Å². The molecule has 272 valence electrons. The Labute approximate surface area is 306 Å². The van der Waals surface area contributed by atoms with Gasteiger partial charge in [0.05, 0.1) is 13.1 Å². The van der Waals surface area contributed by atoms with E-state index in [4.69, 9.17) is 0 Å². The largest absolute Gasteiger partial charge is 1.00 e. The summed E-state index contributed by atoms with van der Waals surface area (Å²) in [4.78, 5) is 2.29. The maximum atomic E-state index is 2.34. The Hall–Kier alpha value is 0.130. The summed E-state index contributed by atoms with van der Waals surface area (Å²) in [6.45, 7) is 10.4. The Kier molecular flexibility index (Phi) is 46.4. The summed E-state index contributed by atoms with van der Waals surface area (Å²) in [5.74, 6) is 0. The molecule has 0 amide bonds. The molecule has 0 saturated carbocycles.